The van der Waals surface area contributed by atoms with Crippen LogP contribution in [0, 0.1) is 0 Å². The van der Waals surface area contributed by atoms with Gasteiger partial charge in [0, 0.05) is 18.4 Å². The van der Waals surface area contributed by atoms with Crippen LogP contribution < -0.4 is 15.0 Å². The van der Waals surface area contributed by atoms with Crippen LogP contribution in [0.1, 0.15) is 25.8 Å². The third-order valence-electron chi connectivity index (χ3n) is 4.50. The largest absolute Gasteiger partial charge is 0.493 e. The minimum Gasteiger partial charge on any atom is -0.493 e. The molecule has 0 spiro atoms. The van der Waals surface area contributed by atoms with E-state index < -0.39 is 5.41 Å². The third-order valence-corrected chi connectivity index (χ3v) is 4.50. The van der Waals surface area contributed by atoms with Gasteiger partial charge in [0.1, 0.15) is 5.75 Å². The SMILES string of the molecule is CN1C(=O)C(C)(C)c2cc(NC(=O)CCOc3ccccc3)ccc21. The summed E-state index contributed by atoms with van der Waals surface area (Å²) in [6.07, 6.45) is 0.258. The smallest absolute Gasteiger partial charge is 0.236 e. The molecule has 0 unspecified atom stereocenters. The molecule has 0 saturated heterocycles. The molecule has 25 heavy (non-hydrogen) atoms. The molecule has 5 nitrogen and oxygen atoms in total. The molecule has 1 aliphatic rings. The molecule has 2 aromatic carbocycles. The second-order valence-electron chi connectivity index (χ2n) is 6.68. The summed E-state index contributed by atoms with van der Waals surface area (Å²) in [7, 11) is 1.77. The summed E-state index contributed by atoms with van der Waals surface area (Å²) < 4.78 is 5.54. The fourth-order valence-electron chi connectivity index (χ4n) is 3.05. The molecular weight excluding hydrogens is 316 g/mol. The van der Waals surface area contributed by atoms with Gasteiger partial charge in [-0.2, -0.15) is 0 Å². The van der Waals surface area contributed by atoms with Crippen molar-refractivity contribution in [2.45, 2.75) is 25.7 Å². The normalized spacial score (nSPS) is 15.0. The highest BCUT2D eigenvalue weighted by molar-refractivity contribution is 6.07. The van der Waals surface area contributed by atoms with E-state index in [1.54, 1.807) is 11.9 Å². The van der Waals surface area contributed by atoms with Gasteiger partial charge in [0.15, 0.2) is 0 Å². The standard InChI is InChI=1S/C20H22N2O3/c1-20(2)16-13-14(9-10-17(16)22(3)19(20)24)21-18(23)11-12-25-15-7-5-4-6-8-15/h4-10,13H,11-12H2,1-3H3,(H,21,23). The van der Waals surface area contributed by atoms with Crippen LogP contribution in [0.25, 0.3) is 0 Å². The Labute approximate surface area is 147 Å². The molecule has 2 amide bonds. The maximum atomic E-state index is 12.3. The Balaban J connectivity index is 1.61. The van der Waals surface area contributed by atoms with E-state index in [1.165, 1.54) is 0 Å². The van der Waals surface area contributed by atoms with Crippen molar-refractivity contribution in [2.24, 2.45) is 0 Å². The van der Waals surface area contributed by atoms with Crippen molar-refractivity contribution in [3.05, 3.63) is 54.1 Å². The van der Waals surface area contributed by atoms with Gasteiger partial charge in [-0.25, -0.2) is 0 Å². The average molecular weight is 338 g/mol. The Kier molecular flexibility index (Phi) is 4.49. The lowest BCUT2D eigenvalue weighted by Gasteiger charge is -2.17. The molecule has 2 aromatic rings. The molecule has 0 aliphatic carbocycles. The van der Waals surface area contributed by atoms with E-state index in [0.717, 1.165) is 17.0 Å². The number of para-hydroxylation sites is 1. The van der Waals surface area contributed by atoms with E-state index in [0.29, 0.717) is 12.3 Å². The summed E-state index contributed by atoms with van der Waals surface area (Å²) in [4.78, 5) is 26.1. The number of benzene rings is 2. The molecular formula is C20H22N2O3. The van der Waals surface area contributed by atoms with E-state index in [4.69, 9.17) is 4.74 Å². The van der Waals surface area contributed by atoms with Crippen molar-refractivity contribution < 1.29 is 14.3 Å². The molecule has 0 atom stereocenters. The Bertz CT molecular complexity index is 800. The van der Waals surface area contributed by atoms with Crippen LogP contribution in [0.5, 0.6) is 5.75 Å². The summed E-state index contributed by atoms with van der Waals surface area (Å²) in [6, 6.07) is 15.0. The number of hydrogen-bond donors (Lipinski definition) is 1. The van der Waals surface area contributed by atoms with Crippen molar-refractivity contribution in [2.75, 3.05) is 23.9 Å². The van der Waals surface area contributed by atoms with E-state index >= 15 is 0 Å². The lowest BCUT2D eigenvalue weighted by molar-refractivity contribution is -0.121. The summed E-state index contributed by atoms with van der Waals surface area (Å²) >= 11 is 0. The quantitative estimate of drug-likeness (QED) is 0.909. The first-order valence-electron chi connectivity index (χ1n) is 8.30. The summed E-state index contributed by atoms with van der Waals surface area (Å²) in [5, 5.41) is 2.88. The molecule has 0 bridgehead atoms. The minimum absolute atomic E-state index is 0.0576. The number of anilines is 2. The lowest BCUT2D eigenvalue weighted by atomic mass is 9.86. The molecule has 130 valence electrons. The molecule has 0 fully saturated rings. The number of fused-ring (bicyclic) bond motifs is 1. The maximum Gasteiger partial charge on any atom is 0.236 e. The Morgan fingerprint density at radius 3 is 2.60 bits per heavy atom. The number of hydrogen-bond acceptors (Lipinski definition) is 3. The monoisotopic (exact) mass is 338 g/mol. The maximum absolute atomic E-state index is 12.3. The van der Waals surface area contributed by atoms with E-state index in [9.17, 15) is 9.59 Å². The first-order chi connectivity index (χ1) is 11.9. The van der Waals surface area contributed by atoms with Crippen molar-refractivity contribution >= 4 is 23.2 Å². The second-order valence-corrected chi connectivity index (χ2v) is 6.68. The fraction of sp³-hybridized carbons (Fsp3) is 0.300. The first-order valence-corrected chi connectivity index (χ1v) is 8.30. The van der Waals surface area contributed by atoms with Crippen molar-refractivity contribution in [3.8, 4) is 5.75 Å². The van der Waals surface area contributed by atoms with Crippen LogP contribution in [-0.4, -0.2) is 25.5 Å². The highest BCUT2D eigenvalue weighted by atomic mass is 16.5. The van der Waals surface area contributed by atoms with Crippen LogP contribution in [0.2, 0.25) is 0 Å². The van der Waals surface area contributed by atoms with E-state index in [1.807, 2.05) is 62.4 Å². The number of likely N-dealkylation sites (N-methyl/N-ethyl adjacent to an activating group) is 1. The van der Waals surface area contributed by atoms with E-state index in [2.05, 4.69) is 5.32 Å². The highest BCUT2D eigenvalue weighted by Crippen LogP contribution is 2.41. The Morgan fingerprint density at radius 1 is 1.16 bits per heavy atom. The highest BCUT2D eigenvalue weighted by Gasteiger charge is 2.42. The molecule has 3 rings (SSSR count). The number of carbonyl (C=O) groups is 2. The van der Waals surface area contributed by atoms with Crippen molar-refractivity contribution in [1.29, 1.82) is 0 Å². The molecule has 1 aliphatic heterocycles. The Morgan fingerprint density at radius 2 is 1.88 bits per heavy atom. The van der Waals surface area contributed by atoms with Crippen LogP contribution >= 0.6 is 0 Å². The third kappa shape index (κ3) is 3.36. The van der Waals surface area contributed by atoms with Crippen LogP contribution in [0.15, 0.2) is 48.5 Å². The lowest BCUT2D eigenvalue weighted by Crippen LogP contribution is -2.33. The van der Waals surface area contributed by atoms with E-state index in [-0.39, 0.29) is 18.2 Å². The molecule has 0 saturated carbocycles. The van der Waals surface area contributed by atoms with Gasteiger partial charge in [-0.1, -0.05) is 18.2 Å². The molecule has 5 heteroatoms. The predicted molar refractivity (Wildman–Crippen MR) is 98.1 cm³/mol. The van der Waals surface area contributed by atoms with Crippen molar-refractivity contribution in [1.82, 2.24) is 0 Å². The predicted octanol–water partition coefficient (Wildman–Crippen LogP) is 3.35. The van der Waals surface area contributed by atoms with Gasteiger partial charge in [-0.3, -0.25) is 9.59 Å². The number of carbonyl (C=O) groups excluding carboxylic acids is 2. The summed E-state index contributed by atoms with van der Waals surface area (Å²) in [5.41, 5.74) is 1.93. The zero-order chi connectivity index (χ0) is 18.0. The van der Waals surface area contributed by atoms with Gasteiger partial charge in [-0.15, -0.1) is 0 Å². The van der Waals surface area contributed by atoms with Crippen LogP contribution in [-0.2, 0) is 15.0 Å². The van der Waals surface area contributed by atoms with Crippen molar-refractivity contribution in [3.63, 3.8) is 0 Å². The molecule has 1 heterocycles. The zero-order valence-corrected chi connectivity index (χ0v) is 14.7. The number of rotatable bonds is 5. The van der Waals surface area contributed by atoms with Gasteiger partial charge in [0.2, 0.25) is 11.8 Å². The molecule has 1 N–H and O–H groups in total. The number of nitrogens with zero attached hydrogens (tertiary/aromatic N) is 1. The van der Waals surface area contributed by atoms with Gasteiger partial charge in [0.05, 0.1) is 18.4 Å². The molecule has 0 aromatic heterocycles. The van der Waals surface area contributed by atoms with Gasteiger partial charge < -0.3 is 15.0 Å². The fourth-order valence-corrected chi connectivity index (χ4v) is 3.05. The minimum atomic E-state index is -0.582. The summed E-state index contributed by atoms with van der Waals surface area (Å²) in [5.74, 6) is 0.685. The first kappa shape index (κ1) is 17.0. The van der Waals surface area contributed by atoms with Gasteiger partial charge >= 0.3 is 0 Å². The topological polar surface area (TPSA) is 58.6 Å². The van der Waals surface area contributed by atoms with Crippen LogP contribution in [0.4, 0.5) is 11.4 Å². The number of ether oxygens (including phenoxy) is 1. The molecule has 0 radical (unpaired) electrons. The second kappa shape index (κ2) is 6.59. The van der Waals surface area contributed by atoms with Gasteiger partial charge in [0.25, 0.3) is 0 Å². The van der Waals surface area contributed by atoms with Gasteiger partial charge in [-0.05, 0) is 49.7 Å². The number of nitrogens with one attached hydrogen (secondary N) is 1. The average Bonchev–Trinajstić information content (AvgIpc) is 2.77. The zero-order valence-electron chi connectivity index (χ0n) is 14.7. The summed E-state index contributed by atoms with van der Waals surface area (Å²) in [6.45, 7) is 4.11. The number of amides is 2. The van der Waals surface area contributed by atoms with Crippen LogP contribution in [0.3, 0.4) is 0 Å². The Hall–Kier alpha value is -2.82.